The molecule has 0 unspecified atom stereocenters. The van der Waals surface area contributed by atoms with E-state index in [1.54, 1.807) is 24.3 Å². The maximum absolute atomic E-state index is 12.6. The Labute approximate surface area is 156 Å². The van der Waals surface area contributed by atoms with Gasteiger partial charge in [0.25, 0.3) is 0 Å². The van der Waals surface area contributed by atoms with Gasteiger partial charge in [0.1, 0.15) is 11.2 Å². The fourth-order valence-electron chi connectivity index (χ4n) is 2.29. The molecule has 26 heavy (non-hydrogen) atoms. The predicted molar refractivity (Wildman–Crippen MR) is 102 cm³/mol. The molecule has 1 rings (SSSR count). The van der Waals surface area contributed by atoms with Gasteiger partial charge in [0.2, 0.25) is 0 Å². The molecule has 144 valence electrons. The molecule has 1 aromatic carbocycles. The summed E-state index contributed by atoms with van der Waals surface area (Å²) in [6, 6.07) is 3.30. The van der Waals surface area contributed by atoms with Gasteiger partial charge in [-0.3, -0.25) is 0 Å². The van der Waals surface area contributed by atoms with Crippen molar-refractivity contribution in [2.24, 2.45) is 0 Å². The second-order valence-electron chi connectivity index (χ2n) is 8.03. The van der Waals surface area contributed by atoms with Crippen LogP contribution in [0.4, 0.5) is 0 Å². The van der Waals surface area contributed by atoms with Crippen molar-refractivity contribution in [3.8, 4) is 0 Å². The largest absolute Gasteiger partial charge is 0.456 e. The molecule has 0 saturated carbocycles. The van der Waals surface area contributed by atoms with Crippen molar-refractivity contribution in [3.05, 3.63) is 40.5 Å². The zero-order chi connectivity index (χ0) is 20.1. The number of carbonyl (C=O) groups excluding carboxylic acids is 2. The maximum Gasteiger partial charge on any atom is 0.339 e. The van der Waals surface area contributed by atoms with Gasteiger partial charge in [-0.2, -0.15) is 0 Å². The second kappa shape index (κ2) is 8.49. The van der Waals surface area contributed by atoms with E-state index in [-0.39, 0.29) is 6.61 Å². The van der Waals surface area contributed by atoms with Gasteiger partial charge >= 0.3 is 11.9 Å². The molecule has 0 aliphatic carbocycles. The fraction of sp³-hybridized carbons (Fsp3) is 0.524. The highest BCUT2D eigenvalue weighted by atomic mass is 16.6. The number of benzene rings is 1. The number of esters is 2. The van der Waals surface area contributed by atoms with Crippen LogP contribution in [0.2, 0.25) is 0 Å². The average molecular weight is 362 g/mol. The number of carbonyl (C=O) groups is 2. The number of ether oxygens (including phenoxy) is 3. The maximum atomic E-state index is 12.6. The van der Waals surface area contributed by atoms with Crippen molar-refractivity contribution >= 4 is 18.0 Å². The summed E-state index contributed by atoms with van der Waals surface area (Å²) in [5.74, 6) is -0.898. The molecule has 0 bridgehead atoms. The van der Waals surface area contributed by atoms with Crippen LogP contribution < -0.4 is 0 Å². The first-order valence-corrected chi connectivity index (χ1v) is 8.63. The van der Waals surface area contributed by atoms with Crippen LogP contribution in [0.25, 0.3) is 6.08 Å². The minimum absolute atomic E-state index is 0.181. The van der Waals surface area contributed by atoms with E-state index < -0.39 is 23.1 Å². The molecule has 0 heterocycles. The molecule has 0 aliphatic rings. The molecular weight excluding hydrogens is 332 g/mol. The number of hydrogen-bond donors (Lipinski definition) is 0. The van der Waals surface area contributed by atoms with Gasteiger partial charge in [-0.25, -0.2) is 9.59 Å². The molecule has 0 aromatic heterocycles. The van der Waals surface area contributed by atoms with Gasteiger partial charge in [-0.05, 0) is 71.7 Å². The van der Waals surface area contributed by atoms with Crippen molar-refractivity contribution in [2.45, 2.75) is 66.3 Å². The van der Waals surface area contributed by atoms with Crippen LogP contribution in [0.1, 0.15) is 80.3 Å². The first-order chi connectivity index (χ1) is 11.9. The number of hydrogen-bond acceptors (Lipinski definition) is 5. The van der Waals surface area contributed by atoms with Gasteiger partial charge in [0, 0.05) is 7.11 Å². The van der Waals surface area contributed by atoms with Crippen LogP contribution in [0.3, 0.4) is 0 Å². The summed E-state index contributed by atoms with van der Waals surface area (Å²) in [6.45, 7) is 12.9. The van der Waals surface area contributed by atoms with E-state index in [0.717, 1.165) is 0 Å². The molecule has 0 N–H and O–H groups in total. The molecule has 0 amide bonds. The van der Waals surface area contributed by atoms with E-state index in [2.05, 4.69) is 0 Å². The normalized spacial score (nSPS) is 12.3. The lowest BCUT2D eigenvalue weighted by molar-refractivity contribution is 0.00486. The van der Waals surface area contributed by atoms with E-state index in [4.69, 9.17) is 14.2 Å². The van der Waals surface area contributed by atoms with Crippen LogP contribution in [0, 0.1) is 0 Å². The number of rotatable bonds is 5. The van der Waals surface area contributed by atoms with E-state index >= 15 is 0 Å². The molecule has 0 radical (unpaired) electrons. The monoisotopic (exact) mass is 362 g/mol. The summed E-state index contributed by atoms with van der Waals surface area (Å²) in [5, 5.41) is 0. The highest BCUT2D eigenvalue weighted by Gasteiger charge is 2.25. The van der Waals surface area contributed by atoms with Crippen LogP contribution in [0.15, 0.2) is 18.2 Å². The minimum atomic E-state index is -0.619. The highest BCUT2D eigenvalue weighted by Crippen LogP contribution is 2.24. The van der Waals surface area contributed by atoms with Crippen LogP contribution in [0.5, 0.6) is 0 Å². The Hall–Kier alpha value is -2.14. The molecule has 0 saturated heterocycles. The second-order valence-corrected chi connectivity index (χ2v) is 8.03. The summed E-state index contributed by atoms with van der Waals surface area (Å²) in [7, 11) is 1.53. The van der Waals surface area contributed by atoms with Gasteiger partial charge in [0.15, 0.2) is 0 Å². The molecule has 0 fully saturated rings. The third kappa shape index (κ3) is 6.64. The summed E-state index contributed by atoms with van der Waals surface area (Å²) < 4.78 is 16.2. The third-order valence-corrected chi connectivity index (χ3v) is 3.16. The Morgan fingerprint density at radius 1 is 0.923 bits per heavy atom. The Bertz CT molecular complexity index is 688. The van der Waals surface area contributed by atoms with Crippen molar-refractivity contribution in [3.63, 3.8) is 0 Å². The third-order valence-electron chi connectivity index (χ3n) is 3.16. The SMILES string of the molecule is C/C=C\c1cc(C(=O)OC(C)(C)C)c(COC)cc1C(=O)OC(C)(C)C. The van der Waals surface area contributed by atoms with Gasteiger partial charge in [-0.1, -0.05) is 12.2 Å². The van der Waals surface area contributed by atoms with Crippen LogP contribution in [-0.2, 0) is 20.8 Å². The molecule has 0 spiro atoms. The number of allylic oxidation sites excluding steroid dienone is 1. The zero-order valence-electron chi connectivity index (χ0n) is 17.1. The van der Waals surface area contributed by atoms with Gasteiger partial charge < -0.3 is 14.2 Å². The van der Waals surface area contributed by atoms with E-state index in [1.807, 2.05) is 48.5 Å². The Balaban J connectivity index is 3.47. The van der Waals surface area contributed by atoms with Gasteiger partial charge in [-0.15, -0.1) is 0 Å². The first kappa shape index (κ1) is 21.9. The van der Waals surface area contributed by atoms with Crippen LogP contribution >= 0.6 is 0 Å². The van der Waals surface area contributed by atoms with Crippen LogP contribution in [-0.4, -0.2) is 30.3 Å². The first-order valence-electron chi connectivity index (χ1n) is 8.63. The Morgan fingerprint density at radius 2 is 1.42 bits per heavy atom. The number of methoxy groups -OCH3 is 1. The molecule has 0 atom stereocenters. The topological polar surface area (TPSA) is 61.8 Å². The smallest absolute Gasteiger partial charge is 0.339 e. The summed E-state index contributed by atoms with van der Waals surface area (Å²) in [4.78, 5) is 25.2. The van der Waals surface area contributed by atoms with Crippen molar-refractivity contribution in [2.75, 3.05) is 7.11 Å². The lowest BCUT2D eigenvalue weighted by atomic mass is 9.97. The quantitative estimate of drug-likeness (QED) is 0.706. The minimum Gasteiger partial charge on any atom is -0.456 e. The van der Waals surface area contributed by atoms with Crippen molar-refractivity contribution in [1.29, 1.82) is 0 Å². The van der Waals surface area contributed by atoms with E-state index in [1.165, 1.54) is 7.11 Å². The highest BCUT2D eigenvalue weighted by molar-refractivity contribution is 5.98. The van der Waals surface area contributed by atoms with E-state index in [0.29, 0.717) is 22.3 Å². The standard InChI is InChI=1S/C21H30O5/c1-9-10-14-11-17(19(23)26-21(5,6)7)15(13-24-8)12-16(14)18(22)25-20(2,3)4/h9-12H,13H2,1-8H3/b10-9-. The fourth-order valence-corrected chi connectivity index (χ4v) is 2.29. The predicted octanol–water partition coefficient (Wildman–Crippen LogP) is 4.78. The van der Waals surface area contributed by atoms with Crippen molar-refractivity contribution < 1.29 is 23.8 Å². The Morgan fingerprint density at radius 3 is 1.85 bits per heavy atom. The molecule has 1 aromatic rings. The van der Waals surface area contributed by atoms with Crippen molar-refractivity contribution in [1.82, 2.24) is 0 Å². The zero-order valence-corrected chi connectivity index (χ0v) is 17.1. The lowest BCUT2D eigenvalue weighted by Gasteiger charge is -2.23. The Kier molecular flexibility index (Phi) is 7.16. The summed E-state index contributed by atoms with van der Waals surface area (Å²) in [5.41, 5.74) is 0.708. The lowest BCUT2D eigenvalue weighted by Crippen LogP contribution is -2.26. The van der Waals surface area contributed by atoms with E-state index in [9.17, 15) is 9.59 Å². The summed E-state index contributed by atoms with van der Waals surface area (Å²) >= 11 is 0. The average Bonchev–Trinajstić information content (AvgIpc) is 2.45. The molecule has 5 heteroatoms. The molecule has 5 nitrogen and oxygen atoms in total. The summed E-state index contributed by atoms with van der Waals surface area (Å²) in [6.07, 6.45) is 3.57. The molecular formula is C21H30O5. The van der Waals surface area contributed by atoms with Gasteiger partial charge in [0.05, 0.1) is 17.7 Å². The molecule has 0 aliphatic heterocycles.